The third-order valence-corrected chi connectivity index (χ3v) is 6.51. The second-order valence-electron chi connectivity index (χ2n) is 6.59. The molecule has 2 rings (SSSR count). The van der Waals surface area contributed by atoms with Crippen LogP contribution in [0, 0.1) is 17.7 Å². The summed E-state index contributed by atoms with van der Waals surface area (Å²) in [5.74, 6) is -3.70. The maximum atomic E-state index is 12.9. The van der Waals surface area contributed by atoms with Crippen molar-refractivity contribution in [1.29, 1.82) is 0 Å². The monoisotopic (exact) mass is 371 g/mol. The summed E-state index contributed by atoms with van der Waals surface area (Å²) < 4.78 is 37.8. The largest absolute Gasteiger partial charge is 0.481 e. The average Bonchev–Trinajstić information content (AvgIpc) is 2.54. The lowest BCUT2D eigenvalue weighted by Crippen LogP contribution is -2.49. The molecule has 1 heterocycles. The Balaban J connectivity index is 2.10. The van der Waals surface area contributed by atoms with Gasteiger partial charge in [0.25, 0.3) is 0 Å². The number of hydrogen-bond donors (Lipinski definition) is 1. The third kappa shape index (κ3) is 4.56. The zero-order chi connectivity index (χ0) is 18.8. The second-order valence-corrected chi connectivity index (χ2v) is 8.62. The van der Waals surface area contributed by atoms with E-state index in [4.69, 9.17) is 5.11 Å². The van der Waals surface area contributed by atoms with Crippen LogP contribution in [-0.4, -0.2) is 48.6 Å². The standard InChI is InChI=1S/C17H22FNO5S/c1-11(10-25(23,24)15-7-5-14(18)6-8-15)16(20)19-9-13(17(21)22)4-3-12(19)2/h5-8,11-13H,3-4,9-10H2,1-2H3,(H,21,22). The highest BCUT2D eigenvalue weighted by Crippen LogP contribution is 2.25. The van der Waals surface area contributed by atoms with Gasteiger partial charge in [-0.05, 0) is 44.0 Å². The number of rotatable bonds is 5. The van der Waals surface area contributed by atoms with Gasteiger partial charge in [-0.15, -0.1) is 0 Å². The highest BCUT2D eigenvalue weighted by Gasteiger charge is 2.35. The molecule has 0 aromatic heterocycles. The fourth-order valence-corrected chi connectivity index (χ4v) is 4.58. The number of carbonyl (C=O) groups excluding carboxylic acids is 1. The van der Waals surface area contributed by atoms with Gasteiger partial charge in [0.05, 0.1) is 16.6 Å². The van der Waals surface area contributed by atoms with Crippen molar-refractivity contribution in [3.05, 3.63) is 30.1 Å². The van der Waals surface area contributed by atoms with E-state index in [9.17, 15) is 22.4 Å². The van der Waals surface area contributed by atoms with E-state index in [0.29, 0.717) is 12.8 Å². The molecule has 6 nitrogen and oxygen atoms in total. The zero-order valence-corrected chi connectivity index (χ0v) is 15.0. The quantitative estimate of drug-likeness (QED) is 0.799. The van der Waals surface area contributed by atoms with E-state index in [2.05, 4.69) is 0 Å². The van der Waals surface area contributed by atoms with Crippen molar-refractivity contribution >= 4 is 21.7 Å². The molecule has 1 aliphatic heterocycles. The van der Waals surface area contributed by atoms with E-state index in [1.165, 1.54) is 24.0 Å². The van der Waals surface area contributed by atoms with Gasteiger partial charge in [-0.2, -0.15) is 0 Å². The Morgan fingerprint density at radius 2 is 1.88 bits per heavy atom. The number of sulfone groups is 1. The van der Waals surface area contributed by atoms with E-state index in [1.807, 2.05) is 6.92 Å². The van der Waals surface area contributed by atoms with Crippen LogP contribution in [0.15, 0.2) is 29.2 Å². The van der Waals surface area contributed by atoms with Crippen molar-refractivity contribution in [2.75, 3.05) is 12.3 Å². The highest BCUT2D eigenvalue weighted by atomic mass is 32.2. The predicted octanol–water partition coefficient (Wildman–Crippen LogP) is 1.95. The van der Waals surface area contributed by atoms with Crippen molar-refractivity contribution < 1.29 is 27.5 Å². The number of amides is 1. The molecule has 0 spiro atoms. The number of nitrogens with zero attached hydrogens (tertiary/aromatic N) is 1. The molecule has 8 heteroatoms. The van der Waals surface area contributed by atoms with E-state index in [1.54, 1.807) is 0 Å². The number of aliphatic carboxylic acids is 1. The first-order valence-electron chi connectivity index (χ1n) is 8.13. The highest BCUT2D eigenvalue weighted by molar-refractivity contribution is 7.91. The number of halogens is 1. The Hall–Kier alpha value is -1.96. The first kappa shape index (κ1) is 19.4. The second kappa shape index (κ2) is 7.51. The Morgan fingerprint density at radius 3 is 2.44 bits per heavy atom. The topological polar surface area (TPSA) is 91.8 Å². The molecule has 1 aromatic rings. The lowest BCUT2D eigenvalue weighted by Gasteiger charge is -2.38. The Kier molecular flexibility index (Phi) is 5.82. The van der Waals surface area contributed by atoms with Crippen molar-refractivity contribution in [2.45, 2.75) is 37.6 Å². The lowest BCUT2D eigenvalue weighted by atomic mass is 9.92. The van der Waals surface area contributed by atoms with E-state index in [-0.39, 0.29) is 23.4 Å². The molecule has 1 aliphatic rings. The molecule has 0 radical (unpaired) electrons. The number of benzene rings is 1. The van der Waals surface area contributed by atoms with Gasteiger partial charge < -0.3 is 10.0 Å². The van der Waals surface area contributed by atoms with Crippen molar-refractivity contribution in [1.82, 2.24) is 4.90 Å². The third-order valence-electron chi connectivity index (χ3n) is 4.58. The van der Waals surface area contributed by atoms with Gasteiger partial charge in [0, 0.05) is 18.5 Å². The number of carbonyl (C=O) groups is 2. The summed E-state index contributed by atoms with van der Waals surface area (Å²) in [5.41, 5.74) is 0. The molecule has 1 saturated heterocycles. The normalized spacial score (nSPS) is 22.4. The van der Waals surface area contributed by atoms with Gasteiger partial charge in [0.1, 0.15) is 5.82 Å². The minimum absolute atomic E-state index is 0.0383. The van der Waals surface area contributed by atoms with Crippen LogP contribution in [0.3, 0.4) is 0 Å². The Labute approximate surface area is 146 Å². The molecule has 3 atom stereocenters. The molecule has 3 unspecified atom stereocenters. The smallest absolute Gasteiger partial charge is 0.308 e. The van der Waals surface area contributed by atoms with Crippen LogP contribution in [0.25, 0.3) is 0 Å². The molecule has 25 heavy (non-hydrogen) atoms. The minimum Gasteiger partial charge on any atom is -0.481 e. The molecule has 1 aromatic carbocycles. The summed E-state index contributed by atoms with van der Waals surface area (Å²) in [7, 11) is -3.74. The summed E-state index contributed by atoms with van der Waals surface area (Å²) in [6.07, 6.45) is 1.07. The van der Waals surface area contributed by atoms with Crippen LogP contribution in [0.2, 0.25) is 0 Å². The van der Waals surface area contributed by atoms with Gasteiger partial charge in [-0.3, -0.25) is 9.59 Å². The van der Waals surface area contributed by atoms with Gasteiger partial charge in [-0.1, -0.05) is 6.92 Å². The minimum atomic E-state index is -3.74. The van der Waals surface area contributed by atoms with Gasteiger partial charge in [-0.25, -0.2) is 12.8 Å². The molecular formula is C17H22FNO5S. The van der Waals surface area contributed by atoms with Crippen molar-refractivity contribution in [2.24, 2.45) is 11.8 Å². The maximum absolute atomic E-state index is 12.9. The van der Waals surface area contributed by atoms with Crippen LogP contribution >= 0.6 is 0 Å². The number of likely N-dealkylation sites (tertiary alicyclic amines) is 1. The molecular weight excluding hydrogens is 349 g/mol. The number of piperidine rings is 1. The van der Waals surface area contributed by atoms with E-state index < -0.39 is 39.2 Å². The molecule has 0 bridgehead atoms. The summed E-state index contributed by atoms with van der Waals surface area (Å²) >= 11 is 0. The first-order valence-corrected chi connectivity index (χ1v) is 9.78. The van der Waals surface area contributed by atoms with Gasteiger partial charge >= 0.3 is 5.97 Å². The molecule has 1 fully saturated rings. The number of carboxylic acids is 1. The molecule has 1 N–H and O–H groups in total. The summed E-state index contributed by atoms with van der Waals surface area (Å²) in [5, 5.41) is 9.16. The average molecular weight is 371 g/mol. The zero-order valence-electron chi connectivity index (χ0n) is 14.2. The van der Waals surface area contributed by atoms with Crippen LogP contribution in [0.5, 0.6) is 0 Å². The fourth-order valence-electron chi connectivity index (χ4n) is 3.04. The van der Waals surface area contributed by atoms with Crippen molar-refractivity contribution in [3.63, 3.8) is 0 Å². The predicted molar refractivity (Wildman–Crippen MR) is 89.2 cm³/mol. The fraction of sp³-hybridized carbons (Fsp3) is 0.529. The van der Waals surface area contributed by atoms with Crippen LogP contribution < -0.4 is 0 Å². The molecule has 138 valence electrons. The van der Waals surface area contributed by atoms with Crippen LogP contribution in [0.4, 0.5) is 4.39 Å². The van der Waals surface area contributed by atoms with Crippen LogP contribution in [0.1, 0.15) is 26.7 Å². The SMILES string of the molecule is CC(CS(=O)(=O)c1ccc(F)cc1)C(=O)N1CC(C(=O)O)CCC1C. The number of hydrogen-bond acceptors (Lipinski definition) is 4. The molecule has 0 saturated carbocycles. The van der Waals surface area contributed by atoms with Crippen LogP contribution in [-0.2, 0) is 19.4 Å². The summed E-state index contributed by atoms with van der Waals surface area (Å²) in [6, 6.07) is 4.34. The molecule has 0 aliphatic carbocycles. The Morgan fingerprint density at radius 1 is 1.28 bits per heavy atom. The van der Waals surface area contributed by atoms with Crippen molar-refractivity contribution in [3.8, 4) is 0 Å². The van der Waals surface area contributed by atoms with Gasteiger partial charge in [0.2, 0.25) is 5.91 Å². The number of carboxylic acid groups (broad SMARTS) is 1. The van der Waals surface area contributed by atoms with Gasteiger partial charge in [0.15, 0.2) is 9.84 Å². The summed E-state index contributed by atoms with van der Waals surface area (Å²) in [6.45, 7) is 3.44. The maximum Gasteiger partial charge on any atom is 0.308 e. The Bertz CT molecular complexity index is 747. The van der Waals surface area contributed by atoms with E-state index in [0.717, 1.165) is 12.1 Å². The van der Waals surface area contributed by atoms with E-state index >= 15 is 0 Å². The first-order chi connectivity index (χ1) is 11.6. The molecule has 1 amide bonds. The summed E-state index contributed by atoms with van der Waals surface area (Å²) in [4.78, 5) is 25.3. The lowest BCUT2D eigenvalue weighted by molar-refractivity contribution is -0.148.